The number of ether oxygens (including phenoxy) is 1. The number of hydrogen-bond acceptors (Lipinski definition) is 3. The van der Waals surface area contributed by atoms with Crippen molar-refractivity contribution in [1.29, 1.82) is 0 Å². The summed E-state index contributed by atoms with van der Waals surface area (Å²) in [6, 6.07) is 4.54. The average Bonchev–Trinajstić information content (AvgIpc) is 2.38. The highest BCUT2D eigenvalue weighted by Crippen LogP contribution is 2.28. The first-order valence-electron chi connectivity index (χ1n) is 6.49. The van der Waals surface area contributed by atoms with Gasteiger partial charge in [0.15, 0.2) is 0 Å². The molecule has 2 N–H and O–H groups in total. The number of anilines is 1. The summed E-state index contributed by atoms with van der Waals surface area (Å²) < 4.78 is 5.50. The van der Waals surface area contributed by atoms with E-state index >= 15 is 0 Å². The predicted molar refractivity (Wildman–Crippen MR) is 81.1 cm³/mol. The van der Waals surface area contributed by atoms with Crippen LogP contribution in [0.2, 0.25) is 5.02 Å². The minimum atomic E-state index is -0.951. The van der Waals surface area contributed by atoms with E-state index in [1.54, 1.807) is 18.2 Å². The lowest BCUT2D eigenvalue weighted by molar-refractivity contribution is -0.137. The van der Waals surface area contributed by atoms with Crippen molar-refractivity contribution >= 4 is 29.3 Å². The fourth-order valence-corrected chi connectivity index (χ4v) is 1.74. The van der Waals surface area contributed by atoms with Crippen molar-refractivity contribution < 1.29 is 19.4 Å². The molecule has 7 heteroatoms. The number of carboxylic acids is 1. The summed E-state index contributed by atoms with van der Waals surface area (Å²) in [5.74, 6) is -0.406. The number of halogens is 1. The minimum absolute atomic E-state index is 0.00472. The molecule has 0 fully saturated rings. The Morgan fingerprint density at radius 2 is 2.10 bits per heavy atom. The summed E-state index contributed by atoms with van der Waals surface area (Å²) in [4.78, 5) is 23.6. The lowest BCUT2D eigenvalue weighted by Crippen LogP contribution is -2.33. The first-order chi connectivity index (χ1) is 9.79. The third-order valence-corrected chi connectivity index (χ3v) is 2.85. The number of nitrogens with one attached hydrogen (secondary N) is 1. The number of amides is 2. The lowest BCUT2D eigenvalue weighted by Gasteiger charge is -2.17. The van der Waals surface area contributed by atoms with Gasteiger partial charge < -0.3 is 20.1 Å². The third-order valence-electron chi connectivity index (χ3n) is 2.55. The Balaban J connectivity index is 2.64. The SMILES string of the molecule is CC(C)Oc1ccc(NC(=O)N(C)CCC(=O)O)cc1Cl. The van der Waals surface area contributed by atoms with Gasteiger partial charge in [-0.25, -0.2) is 4.79 Å². The van der Waals surface area contributed by atoms with Gasteiger partial charge in [0.2, 0.25) is 0 Å². The van der Waals surface area contributed by atoms with Crippen molar-refractivity contribution in [2.24, 2.45) is 0 Å². The van der Waals surface area contributed by atoms with E-state index in [1.165, 1.54) is 11.9 Å². The van der Waals surface area contributed by atoms with Crippen LogP contribution in [0.25, 0.3) is 0 Å². The summed E-state index contributed by atoms with van der Waals surface area (Å²) >= 11 is 6.07. The Morgan fingerprint density at radius 3 is 2.62 bits per heavy atom. The van der Waals surface area contributed by atoms with Crippen LogP contribution in [0.15, 0.2) is 18.2 Å². The molecule has 2 amide bonds. The Morgan fingerprint density at radius 1 is 1.43 bits per heavy atom. The Kier molecular flexibility index (Phi) is 6.30. The molecule has 0 spiro atoms. The van der Waals surface area contributed by atoms with Gasteiger partial charge in [0.05, 0.1) is 17.5 Å². The molecule has 0 bridgehead atoms. The number of urea groups is 1. The van der Waals surface area contributed by atoms with Gasteiger partial charge in [-0.05, 0) is 32.0 Å². The van der Waals surface area contributed by atoms with E-state index < -0.39 is 12.0 Å². The highest BCUT2D eigenvalue weighted by molar-refractivity contribution is 6.32. The lowest BCUT2D eigenvalue weighted by atomic mass is 10.3. The zero-order valence-corrected chi connectivity index (χ0v) is 13.0. The normalized spacial score (nSPS) is 10.3. The van der Waals surface area contributed by atoms with E-state index in [0.717, 1.165) is 0 Å². The molecule has 0 radical (unpaired) electrons. The monoisotopic (exact) mass is 314 g/mol. The number of carbonyl (C=O) groups excluding carboxylic acids is 1. The third kappa shape index (κ3) is 5.91. The van der Waals surface area contributed by atoms with Crippen molar-refractivity contribution in [2.75, 3.05) is 18.9 Å². The van der Waals surface area contributed by atoms with Gasteiger partial charge in [0.25, 0.3) is 0 Å². The number of rotatable bonds is 6. The number of carbonyl (C=O) groups is 2. The van der Waals surface area contributed by atoms with E-state index in [2.05, 4.69) is 5.32 Å². The van der Waals surface area contributed by atoms with Crippen LogP contribution in [0.3, 0.4) is 0 Å². The maximum atomic E-state index is 11.8. The van der Waals surface area contributed by atoms with Crippen LogP contribution in [-0.2, 0) is 4.79 Å². The largest absolute Gasteiger partial charge is 0.489 e. The summed E-state index contributed by atoms with van der Waals surface area (Å²) in [6.07, 6.45) is -0.101. The molecular weight excluding hydrogens is 296 g/mol. The van der Waals surface area contributed by atoms with E-state index in [0.29, 0.717) is 16.5 Å². The molecule has 0 unspecified atom stereocenters. The van der Waals surface area contributed by atoms with Crippen molar-refractivity contribution in [3.63, 3.8) is 0 Å². The van der Waals surface area contributed by atoms with Gasteiger partial charge in [0.1, 0.15) is 5.75 Å². The molecule has 6 nitrogen and oxygen atoms in total. The highest BCUT2D eigenvalue weighted by Gasteiger charge is 2.12. The van der Waals surface area contributed by atoms with Crippen molar-refractivity contribution in [3.8, 4) is 5.75 Å². The van der Waals surface area contributed by atoms with Crippen LogP contribution < -0.4 is 10.1 Å². The first-order valence-corrected chi connectivity index (χ1v) is 6.87. The molecule has 0 atom stereocenters. The van der Waals surface area contributed by atoms with Crippen LogP contribution in [0.5, 0.6) is 5.75 Å². The number of benzene rings is 1. The van der Waals surface area contributed by atoms with E-state index in [9.17, 15) is 9.59 Å². The van der Waals surface area contributed by atoms with Gasteiger partial charge in [-0.3, -0.25) is 4.79 Å². The van der Waals surface area contributed by atoms with Crippen LogP contribution >= 0.6 is 11.6 Å². The number of aliphatic carboxylic acids is 1. The van der Waals surface area contributed by atoms with Crippen LogP contribution in [-0.4, -0.2) is 41.7 Å². The standard InChI is InChI=1S/C14H19ClN2O4/c1-9(2)21-12-5-4-10(8-11(12)15)16-14(20)17(3)7-6-13(18)19/h4-5,8-9H,6-7H2,1-3H3,(H,16,20)(H,18,19). The van der Waals surface area contributed by atoms with Gasteiger partial charge in [-0.15, -0.1) is 0 Å². The van der Waals surface area contributed by atoms with E-state index in [-0.39, 0.29) is 19.1 Å². The number of carboxylic acid groups (broad SMARTS) is 1. The zero-order chi connectivity index (χ0) is 16.0. The number of hydrogen-bond donors (Lipinski definition) is 2. The smallest absolute Gasteiger partial charge is 0.321 e. The molecule has 0 aliphatic rings. The molecule has 0 heterocycles. The Labute approximate surface area is 128 Å². The van der Waals surface area contributed by atoms with Gasteiger partial charge in [-0.1, -0.05) is 11.6 Å². The van der Waals surface area contributed by atoms with Gasteiger partial charge in [-0.2, -0.15) is 0 Å². The average molecular weight is 315 g/mol. The number of nitrogens with zero attached hydrogens (tertiary/aromatic N) is 1. The predicted octanol–water partition coefficient (Wildman–Crippen LogP) is 3.07. The quantitative estimate of drug-likeness (QED) is 0.845. The molecule has 1 aromatic rings. The Bertz CT molecular complexity index is 520. The Hall–Kier alpha value is -1.95. The molecule has 21 heavy (non-hydrogen) atoms. The second-order valence-corrected chi connectivity index (χ2v) is 5.21. The molecule has 0 aliphatic heterocycles. The van der Waals surface area contributed by atoms with Crippen LogP contribution in [0.1, 0.15) is 20.3 Å². The van der Waals surface area contributed by atoms with Crippen molar-refractivity contribution in [1.82, 2.24) is 4.90 Å². The van der Waals surface area contributed by atoms with E-state index in [1.807, 2.05) is 13.8 Å². The second kappa shape index (κ2) is 7.73. The second-order valence-electron chi connectivity index (χ2n) is 4.81. The fraction of sp³-hybridized carbons (Fsp3) is 0.429. The highest BCUT2D eigenvalue weighted by atomic mass is 35.5. The molecular formula is C14H19ClN2O4. The summed E-state index contributed by atoms with van der Waals surface area (Å²) in [5.41, 5.74) is 0.517. The topological polar surface area (TPSA) is 78.9 Å². The van der Waals surface area contributed by atoms with Crippen LogP contribution in [0.4, 0.5) is 10.5 Å². The summed E-state index contributed by atoms with van der Waals surface area (Å²) in [6.45, 7) is 3.91. The zero-order valence-electron chi connectivity index (χ0n) is 12.2. The van der Waals surface area contributed by atoms with Crippen molar-refractivity contribution in [2.45, 2.75) is 26.4 Å². The molecule has 0 aliphatic carbocycles. The first kappa shape index (κ1) is 17.1. The summed E-state index contributed by atoms with van der Waals surface area (Å²) in [7, 11) is 1.52. The van der Waals surface area contributed by atoms with Crippen LogP contribution in [0, 0.1) is 0 Å². The molecule has 1 rings (SSSR count). The van der Waals surface area contributed by atoms with Crippen molar-refractivity contribution in [3.05, 3.63) is 23.2 Å². The maximum Gasteiger partial charge on any atom is 0.321 e. The van der Waals surface area contributed by atoms with E-state index in [4.69, 9.17) is 21.4 Å². The van der Waals surface area contributed by atoms with Gasteiger partial charge in [0, 0.05) is 19.3 Å². The molecule has 0 aromatic heterocycles. The summed E-state index contributed by atoms with van der Waals surface area (Å²) in [5, 5.41) is 11.6. The van der Waals surface area contributed by atoms with Gasteiger partial charge >= 0.3 is 12.0 Å². The molecule has 0 saturated heterocycles. The molecule has 0 saturated carbocycles. The maximum absolute atomic E-state index is 11.8. The molecule has 116 valence electrons. The fourth-order valence-electron chi connectivity index (χ4n) is 1.51. The minimum Gasteiger partial charge on any atom is -0.489 e. The molecule has 1 aromatic carbocycles.